The van der Waals surface area contributed by atoms with Crippen LogP contribution in [0.5, 0.6) is 23.0 Å². The normalized spacial score (nSPS) is 10.6. The third kappa shape index (κ3) is 5.20. The van der Waals surface area contributed by atoms with Gasteiger partial charge in [0.25, 0.3) is 0 Å². The van der Waals surface area contributed by atoms with Gasteiger partial charge in [-0.05, 0) is 47.5 Å². The summed E-state index contributed by atoms with van der Waals surface area (Å²) in [6.45, 7) is 0.449. The van der Waals surface area contributed by atoms with E-state index in [1.165, 1.54) is 13.2 Å². The predicted octanol–water partition coefficient (Wildman–Crippen LogP) is 5.19. The van der Waals surface area contributed by atoms with Crippen LogP contribution in [0.4, 0.5) is 0 Å². The lowest BCUT2D eigenvalue weighted by Crippen LogP contribution is -1.98. The van der Waals surface area contributed by atoms with Crippen molar-refractivity contribution in [3.8, 4) is 23.0 Å². The molecule has 154 valence electrons. The van der Waals surface area contributed by atoms with Crippen LogP contribution in [-0.4, -0.2) is 27.1 Å². The van der Waals surface area contributed by atoms with E-state index in [1.807, 2.05) is 48.5 Å². The maximum absolute atomic E-state index is 12.5. The third-order valence-electron chi connectivity index (χ3n) is 4.52. The molecule has 0 N–H and O–H groups in total. The molecule has 3 aromatic carbocycles. The van der Waals surface area contributed by atoms with Gasteiger partial charge < -0.3 is 18.9 Å². The van der Waals surface area contributed by atoms with Crippen molar-refractivity contribution in [2.45, 2.75) is 6.61 Å². The minimum atomic E-state index is -0.140. The first kappa shape index (κ1) is 21.0. The minimum Gasteiger partial charge on any atom is -0.493 e. The molecule has 0 bridgehead atoms. The second kappa shape index (κ2) is 10.2. The smallest absolute Gasteiger partial charge is 0.185 e. The quantitative estimate of drug-likeness (QED) is 0.363. The van der Waals surface area contributed by atoms with Crippen molar-refractivity contribution >= 4 is 11.9 Å². The Labute approximate surface area is 176 Å². The van der Waals surface area contributed by atoms with Crippen LogP contribution in [0.15, 0.2) is 72.8 Å². The molecule has 0 aliphatic carbocycles. The number of rotatable bonds is 9. The number of ether oxygens (including phenoxy) is 4. The van der Waals surface area contributed by atoms with Crippen LogP contribution in [0.3, 0.4) is 0 Å². The van der Waals surface area contributed by atoms with Crippen LogP contribution in [0.1, 0.15) is 21.5 Å². The first-order chi connectivity index (χ1) is 14.6. The lowest BCUT2D eigenvalue weighted by atomic mass is 10.1. The molecular weight excluding hydrogens is 380 g/mol. The highest BCUT2D eigenvalue weighted by molar-refractivity contribution is 6.07. The molecule has 0 aliphatic rings. The highest BCUT2D eigenvalue weighted by Crippen LogP contribution is 2.30. The molecule has 0 atom stereocenters. The molecule has 0 aliphatic heterocycles. The van der Waals surface area contributed by atoms with Crippen molar-refractivity contribution in [1.29, 1.82) is 0 Å². The van der Waals surface area contributed by atoms with Gasteiger partial charge in [-0.15, -0.1) is 0 Å². The Bertz CT molecular complexity index is 1020. The number of methoxy groups -OCH3 is 3. The van der Waals surface area contributed by atoms with Gasteiger partial charge in [-0.25, -0.2) is 0 Å². The maximum Gasteiger partial charge on any atom is 0.185 e. The van der Waals surface area contributed by atoms with Crippen molar-refractivity contribution < 1.29 is 23.7 Å². The van der Waals surface area contributed by atoms with E-state index in [2.05, 4.69) is 0 Å². The van der Waals surface area contributed by atoms with Crippen LogP contribution in [0.25, 0.3) is 6.08 Å². The number of hydrogen-bond acceptors (Lipinski definition) is 5. The van der Waals surface area contributed by atoms with Crippen LogP contribution in [0, 0.1) is 0 Å². The Morgan fingerprint density at radius 3 is 2.13 bits per heavy atom. The number of carbonyl (C=O) groups is 1. The average molecular weight is 404 g/mol. The van der Waals surface area contributed by atoms with Gasteiger partial charge in [0.1, 0.15) is 6.61 Å². The van der Waals surface area contributed by atoms with E-state index in [9.17, 15) is 4.79 Å². The van der Waals surface area contributed by atoms with Crippen molar-refractivity contribution in [2.75, 3.05) is 21.3 Å². The van der Waals surface area contributed by atoms with Gasteiger partial charge in [-0.2, -0.15) is 0 Å². The number of allylic oxidation sites excluding steroid dienone is 1. The zero-order valence-corrected chi connectivity index (χ0v) is 17.3. The molecule has 30 heavy (non-hydrogen) atoms. The summed E-state index contributed by atoms with van der Waals surface area (Å²) in [5, 5.41) is 0. The first-order valence-electron chi connectivity index (χ1n) is 9.44. The summed E-state index contributed by atoms with van der Waals surface area (Å²) in [5.74, 6) is 2.20. The van der Waals surface area contributed by atoms with Gasteiger partial charge in [-0.1, -0.05) is 42.5 Å². The van der Waals surface area contributed by atoms with Crippen LogP contribution >= 0.6 is 0 Å². The fraction of sp³-hybridized carbons (Fsp3) is 0.160. The van der Waals surface area contributed by atoms with E-state index in [1.54, 1.807) is 38.5 Å². The fourth-order valence-electron chi connectivity index (χ4n) is 2.90. The standard InChI is InChI=1S/C25H24O5/c1-27-22-14-11-20(16-25(22)29-3)21(26)12-9-18-10-13-23(24(15-18)28-2)30-17-19-7-5-4-6-8-19/h4-16H,17H2,1-3H3/b12-9-. The van der Waals surface area contributed by atoms with Gasteiger partial charge >= 0.3 is 0 Å². The van der Waals surface area contributed by atoms with Crippen LogP contribution < -0.4 is 18.9 Å². The van der Waals surface area contributed by atoms with E-state index in [0.717, 1.165) is 11.1 Å². The highest BCUT2D eigenvalue weighted by Gasteiger charge is 2.09. The molecule has 3 aromatic rings. The molecule has 0 saturated carbocycles. The molecule has 0 aromatic heterocycles. The minimum absolute atomic E-state index is 0.140. The fourth-order valence-corrected chi connectivity index (χ4v) is 2.90. The molecule has 0 radical (unpaired) electrons. The number of hydrogen-bond donors (Lipinski definition) is 0. The van der Waals surface area contributed by atoms with Gasteiger partial charge in [0.15, 0.2) is 28.8 Å². The molecule has 5 heteroatoms. The summed E-state index contributed by atoms with van der Waals surface area (Å²) < 4.78 is 21.8. The zero-order chi connectivity index (χ0) is 21.3. The lowest BCUT2D eigenvalue weighted by molar-refractivity contribution is 0.104. The summed E-state index contributed by atoms with van der Waals surface area (Å²) in [4.78, 5) is 12.5. The maximum atomic E-state index is 12.5. The summed E-state index contributed by atoms with van der Waals surface area (Å²) in [7, 11) is 4.68. The van der Waals surface area contributed by atoms with E-state index >= 15 is 0 Å². The third-order valence-corrected chi connectivity index (χ3v) is 4.52. The Morgan fingerprint density at radius 1 is 0.767 bits per heavy atom. The molecule has 0 amide bonds. The van der Waals surface area contributed by atoms with Crippen molar-refractivity contribution in [2.24, 2.45) is 0 Å². The SMILES string of the molecule is COc1ccc(C(=O)/C=C\c2ccc(OCc3ccccc3)c(OC)c2)cc1OC. The van der Waals surface area contributed by atoms with E-state index < -0.39 is 0 Å². The Morgan fingerprint density at radius 2 is 1.43 bits per heavy atom. The second-order valence-electron chi connectivity index (χ2n) is 6.45. The summed E-state index contributed by atoms with van der Waals surface area (Å²) in [6, 6.07) is 20.5. The molecule has 0 spiro atoms. The predicted molar refractivity (Wildman–Crippen MR) is 117 cm³/mol. The van der Waals surface area contributed by atoms with Gasteiger partial charge in [0, 0.05) is 5.56 Å². The molecular formula is C25H24O5. The summed E-state index contributed by atoms with van der Waals surface area (Å²) in [6.07, 6.45) is 3.25. The van der Waals surface area contributed by atoms with Crippen molar-refractivity contribution in [3.63, 3.8) is 0 Å². The molecule has 5 nitrogen and oxygen atoms in total. The molecule has 0 heterocycles. The molecule has 0 unspecified atom stereocenters. The number of benzene rings is 3. The van der Waals surface area contributed by atoms with Gasteiger partial charge in [0.2, 0.25) is 0 Å². The van der Waals surface area contributed by atoms with Crippen LogP contribution in [0.2, 0.25) is 0 Å². The second-order valence-corrected chi connectivity index (χ2v) is 6.45. The number of carbonyl (C=O) groups excluding carboxylic acids is 1. The zero-order valence-electron chi connectivity index (χ0n) is 17.3. The first-order valence-corrected chi connectivity index (χ1v) is 9.44. The Hall–Kier alpha value is -3.73. The van der Waals surface area contributed by atoms with E-state index in [-0.39, 0.29) is 5.78 Å². The number of ketones is 1. The van der Waals surface area contributed by atoms with E-state index in [4.69, 9.17) is 18.9 Å². The molecule has 0 fully saturated rings. The molecule has 3 rings (SSSR count). The Kier molecular flexibility index (Phi) is 7.11. The highest BCUT2D eigenvalue weighted by atomic mass is 16.5. The molecule has 0 saturated heterocycles. The van der Waals surface area contributed by atoms with Crippen LogP contribution in [-0.2, 0) is 6.61 Å². The van der Waals surface area contributed by atoms with Gasteiger partial charge in [-0.3, -0.25) is 4.79 Å². The monoisotopic (exact) mass is 404 g/mol. The topological polar surface area (TPSA) is 54.0 Å². The Balaban J connectivity index is 1.71. The summed E-state index contributed by atoms with van der Waals surface area (Å²) in [5.41, 5.74) is 2.41. The average Bonchev–Trinajstić information content (AvgIpc) is 2.81. The lowest BCUT2D eigenvalue weighted by Gasteiger charge is -2.11. The summed E-state index contributed by atoms with van der Waals surface area (Å²) >= 11 is 0. The van der Waals surface area contributed by atoms with Crippen molar-refractivity contribution in [1.82, 2.24) is 0 Å². The largest absolute Gasteiger partial charge is 0.493 e. The van der Waals surface area contributed by atoms with E-state index in [0.29, 0.717) is 35.2 Å². The van der Waals surface area contributed by atoms with Gasteiger partial charge in [0.05, 0.1) is 21.3 Å². The van der Waals surface area contributed by atoms with Crippen molar-refractivity contribution in [3.05, 3.63) is 89.5 Å².